The Kier molecular flexibility index (Phi) is 5.13. The molecule has 2 aromatic rings. The van der Waals surface area contributed by atoms with E-state index in [0.717, 1.165) is 5.56 Å². The molecule has 0 bridgehead atoms. The lowest BCUT2D eigenvalue weighted by molar-refractivity contribution is -0.122. The van der Waals surface area contributed by atoms with Crippen LogP contribution in [0.15, 0.2) is 42.6 Å². The minimum atomic E-state index is -0.148. The minimum Gasteiger partial charge on any atom is -0.482 e. The van der Waals surface area contributed by atoms with E-state index in [1.165, 1.54) is 0 Å². The Hall–Kier alpha value is -3.09. The maximum atomic E-state index is 12.1. The molecule has 0 fully saturated rings. The highest BCUT2D eigenvalue weighted by Crippen LogP contribution is 2.31. The SMILES string of the molecule is COc1cc(CNC(=O)CCN2C(=O)COc3ccccc32)ccn1. The van der Waals surface area contributed by atoms with E-state index in [0.29, 0.717) is 30.4 Å². The number of rotatable bonds is 6. The number of hydrogen-bond acceptors (Lipinski definition) is 5. The molecule has 7 nitrogen and oxygen atoms in total. The molecule has 1 N–H and O–H groups in total. The normalized spacial score (nSPS) is 13.0. The molecule has 1 aliphatic heterocycles. The van der Waals surface area contributed by atoms with Crippen LogP contribution in [0.3, 0.4) is 0 Å². The van der Waals surface area contributed by atoms with Crippen LogP contribution in [0, 0.1) is 0 Å². The Morgan fingerprint density at radius 3 is 3.04 bits per heavy atom. The van der Waals surface area contributed by atoms with E-state index in [-0.39, 0.29) is 24.8 Å². The molecular weight excluding hydrogens is 322 g/mol. The summed E-state index contributed by atoms with van der Waals surface area (Å²) in [5, 5.41) is 2.84. The highest BCUT2D eigenvalue weighted by Gasteiger charge is 2.25. The van der Waals surface area contributed by atoms with Gasteiger partial charge in [-0.25, -0.2) is 4.98 Å². The molecule has 2 heterocycles. The van der Waals surface area contributed by atoms with Gasteiger partial charge in [-0.05, 0) is 23.8 Å². The number of hydrogen-bond donors (Lipinski definition) is 1. The maximum absolute atomic E-state index is 12.1. The molecule has 3 rings (SSSR count). The van der Waals surface area contributed by atoms with Gasteiger partial charge in [0.05, 0.1) is 12.8 Å². The fraction of sp³-hybridized carbons (Fsp3) is 0.278. The van der Waals surface area contributed by atoms with Gasteiger partial charge in [-0.3, -0.25) is 9.59 Å². The van der Waals surface area contributed by atoms with E-state index in [1.54, 1.807) is 24.3 Å². The van der Waals surface area contributed by atoms with E-state index in [1.807, 2.05) is 30.3 Å². The van der Waals surface area contributed by atoms with Crippen LogP contribution >= 0.6 is 0 Å². The van der Waals surface area contributed by atoms with Crippen molar-refractivity contribution in [3.05, 3.63) is 48.2 Å². The third-order valence-electron chi connectivity index (χ3n) is 3.87. The predicted molar refractivity (Wildman–Crippen MR) is 91.5 cm³/mol. The van der Waals surface area contributed by atoms with Crippen LogP contribution in [0.4, 0.5) is 5.69 Å². The number of anilines is 1. The molecule has 0 unspecified atom stereocenters. The van der Waals surface area contributed by atoms with Crippen molar-refractivity contribution in [2.24, 2.45) is 0 Å². The van der Waals surface area contributed by atoms with Gasteiger partial charge in [0.15, 0.2) is 6.61 Å². The molecule has 0 saturated heterocycles. The van der Waals surface area contributed by atoms with Crippen molar-refractivity contribution in [3.63, 3.8) is 0 Å². The number of carbonyl (C=O) groups excluding carboxylic acids is 2. The van der Waals surface area contributed by atoms with E-state index in [4.69, 9.17) is 9.47 Å². The summed E-state index contributed by atoms with van der Waals surface area (Å²) in [6.45, 7) is 0.686. The van der Waals surface area contributed by atoms with E-state index >= 15 is 0 Å². The van der Waals surface area contributed by atoms with Crippen molar-refractivity contribution in [3.8, 4) is 11.6 Å². The Labute approximate surface area is 145 Å². The number of aromatic nitrogens is 1. The molecule has 1 aromatic heterocycles. The standard InChI is InChI=1S/C18H19N3O4/c1-24-17-10-13(6-8-19-17)11-20-16(22)7-9-21-14-4-2-3-5-15(14)25-12-18(21)23/h2-6,8,10H,7,9,11-12H2,1H3,(H,20,22). The van der Waals surface area contributed by atoms with Crippen LogP contribution in [0.2, 0.25) is 0 Å². The third-order valence-corrected chi connectivity index (χ3v) is 3.87. The summed E-state index contributed by atoms with van der Waals surface area (Å²) in [7, 11) is 1.54. The lowest BCUT2D eigenvalue weighted by Crippen LogP contribution is -2.41. The number of benzene rings is 1. The topological polar surface area (TPSA) is 80.8 Å². The van der Waals surface area contributed by atoms with Crippen molar-refractivity contribution in [2.45, 2.75) is 13.0 Å². The third kappa shape index (κ3) is 4.06. The Balaban J connectivity index is 1.54. The van der Waals surface area contributed by atoms with E-state index < -0.39 is 0 Å². The van der Waals surface area contributed by atoms with E-state index in [9.17, 15) is 9.59 Å². The first-order valence-electron chi connectivity index (χ1n) is 7.95. The first kappa shape index (κ1) is 16.8. The molecule has 0 radical (unpaired) electrons. The summed E-state index contributed by atoms with van der Waals surface area (Å²) >= 11 is 0. The number of nitrogens with one attached hydrogen (secondary N) is 1. The van der Waals surface area contributed by atoms with Gasteiger partial charge < -0.3 is 19.7 Å². The second-order valence-corrected chi connectivity index (χ2v) is 5.53. The number of nitrogens with zero attached hydrogens (tertiary/aromatic N) is 2. The second kappa shape index (κ2) is 7.65. The molecule has 0 atom stereocenters. The van der Waals surface area contributed by atoms with Gasteiger partial charge in [-0.2, -0.15) is 0 Å². The van der Waals surface area contributed by atoms with E-state index in [2.05, 4.69) is 10.3 Å². The van der Waals surface area contributed by atoms with Crippen LogP contribution in [0.1, 0.15) is 12.0 Å². The zero-order valence-corrected chi connectivity index (χ0v) is 13.9. The van der Waals surface area contributed by atoms with Gasteiger partial charge in [0.25, 0.3) is 5.91 Å². The second-order valence-electron chi connectivity index (χ2n) is 5.53. The highest BCUT2D eigenvalue weighted by molar-refractivity contribution is 5.98. The van der Waals surface area contributed by atoms with Gasteiger partial charge in [0.2, 0.25) is 11.8 Å². The minimum absolute atomic E-state index is 0.00452. The average molecular weight is 341 g/mol. The number of pyridine rings is 1. The fourth-order valence-corrected chi connectivity index (χ4v) is 2.57. The Morgan fingerprint density at radius 2 is 2.20 bits per heavy atom. The number of methoxy groups -OCH3 is 1. The van der Waals surface area contributed by atoms with Gasteiger partial charge in [0, 0.05) is 31.8 Å². The maximum Gasteiger partial charge on any atom is 0.265 e. The summed E-state index contributed by atoms with van der Waals surface area (Å²) in [6.07, 6.45) is 1.84. The number of carbonyl (C=O) groups is 2. The van der Waals surface area contributed by atoms with Crippen LogP contribution in [-0.4, -0.2) is 37.1 Å². The number of fused-ring (bicyclic) bond motifs is 1. The Bertz CT molecular complexity index is 778. The lowest BCUT2D eigenvalue weighted by Gasteiger charge is -2.29. The molecule has 1 aliphatic rings. The van der Waals surface area contributed by atoms with Crippen molar-refractivity contribution in [1.82, 2.24) is 10.3 Å². The summed E-state index contributed by atoms with van der Waals surface area (Å²) in [5.41, 5.74) is 1.60. The monoisotopic (exact) mass is 341 g/mol. The molecule has 25 heavy (non-hydrogen) atoms. The average Bonchev–Trinajstić information content (AvgIpc) is 2.65. The van der Waals surface area contributed by atoms with Crippen molar-refractivity contribution >= 4 is 17.5 Å². The van der Waals surface area contributed by atoms with Gasteiger partial charge in [-0.15, -0.1) is 0 Å². The number of ether oxygens (including phenoxy) is 2. The molecule has 0 saturated carbocycles. The first-order valence-corrected chi connectivity index (χ1v) is 7.95. The summed E-state index contributed by atoms with van der Waals surface area (Å²) in [5.74, 6) is 0.881. The molecular formula is C18H19N3O4. The largest absolute Gasteiger partial charge is 0.482 e. The van der Waals surface area contributed by atoms with Crippen LogP contribution in [0.5, 0.6) is 11.6 Å². The molecule has 0 spiro atoms. The predicted octanol–water partition coefficient (Wildman–Crippen LogP) is 1.52. The van der Waals surface area contributed by atoms with Crippen LogP contribution in [-0.2, 0) is 16.1 Å². The lowest BCUT2D eigenvalue weighted by atomic mass is 10.2. The van der Waals surface area contributed by atoms with Crippen molar-refractivity contribution < 1.29 is 19.1 Å². The Morgan fingerprint density at radius 1 is 1.36 bits per heavy atom. The van der Waals surface area contributed by atoms with Crippen molar-refractivity contribution in [2.75, 3.05) is 25.2 Å². The van der Waals surface area contributed by atoms with Gasteiger partial charge >= 0.3 is 0 Å². The van der Waals surface area contributed by atoms with Crippen molar-refractivity contribution in [1.29, 1.82) is 0 Å². The first-order chi connectivity index (χ1) is 12.2. The highest BCUT2D eigenvalue weighted by atomic mass is 16.5. The zero-order valence-electron chi connectivity index (χ0n) is 13.9. The number of para-hydroxylation sites is 2. The van der Waals surface area contributed by atoms with Gasteiger partial charge in [0.1, 0.15) is 5.75 Å². The zero-order chi connectivity index (χ0) is 17.6. The molecule has 130 valence electrons. The smallest absolute Gasteiger partial charge is 0.265 e. The van der Waals surface area contributed by atoms with Crippen LogP contribution < -0.4 is 19.7 Å². The molecule has 0 aliphatic carbocycles. The quantitative estimate of drug-likeness (QED) is 0.862. The molecule has 7 heteroatoms. The number of amides is 2. The molecule has 1 aromatic carbocycles. The summed E-state index contributed by atoms with van der Waals surface area (Å²) in [4.78, 5) is 29.8. The van der Waals surface area contributed by atoms with Crippen LogP contribution in [0.25, 0.3) is 0 Å². The fourth-order valence-electron chi connectivity index (χ4n) is 2.57. The summed E-state index contributed by atoms with van der Waals surface area (Å²) in [6, 6.07) is 10.9. The molecule has 2 amide bonds. The summed E-state index contributed by atoms with van der Waals surface area (Å²) < 4.78 is 10.4. The van der Waals surface area contributed by atoms with Gasteiger partial charge in [-0.1, -0.05) is 12.1 Å².